The summed E-state index contributed by atoms with van der Waals surface area (Å²) in [7, 11) is 0. The molecule has 0 aromatic heterocycles. The molecular weight excluding hydrogens is 188 g/mol. The van der Waals surface area contributed by atoms with Crippen LogP contribution >= 0.6 is 0 Å². The highest BCUT2D eigenvalue weighted by atomic mass is 16.5. The van der Waals surface area contributed by atoms with Crippen LogP contribution < -0.4 is 4.74 Å². The van der Waals surface area contributed by atoms with Gasteiger partial charge in [-0.1, -0.05) is 13.0 Å². The first-order chi connectivity index (χ1) is 7.08. The Morgan fingerprint density at radius 1 is 1.40 bits per heavy atom. The summed E-state index contributed by atoms with van der Waals surface area (Å²) >= 11 is 0. The summed E-state index contributed by atoms with van der Waals surface area (Å²) in [5.41, 5.74) is 2.30. The van der Waals surface area contributed by atoms with Gasteiger partial charge in [0.1, 0.15) is 5.75 Å². The number of rotatable bonds is 2. The molecule has 2 rings (SSSR count). The molecule has 1 aromatic carbocycles. The Labute approximate surface area is 90.9 Å². The highest BCUT2D eigenvalue weighted by Crippen LogP contribution is 2.37. The van der Waals surface area contributed by atoms with Crippen molar-refractivity contribution in [3.05, 3.63) is 29.3 Å². The molecule has 2 atom stereocenters. The number of aliphatic hydroxyl groups excluding tert-OH is 1. The first-order valence-electron chi connectivity index (χ1n) is 5.55. The highest BCUT2D eigenvalue weighted by molar-refractivity contribution is 5.40. The molecule has 0 amide bonds. The number of hydrogen-bond donors (Lipinski definition) is 1. The monoisotopic (exact) mass is 206 g/mol. The summed E-state index contributed by atoms with van der Waals surface area (Å²) in [6.07, 6.45) is 0.827. The first-order valence-corrected chi connectivity index (χ1v) is 5.55. The van der Waals surface area contributed by atoms with Crippen molar-refractivity contribution in [1.29, 1.82) is 0 Å². The predicted molar refractivity (Wildman–Crippen MR) is 60.0 cm³/mol. The number of benzene rings is 1. The van der Waals surface area contributed by atoms with E-state index >= 15 is 0 Å². The third-order valence-corrected chi connectivity index (χ3v) is 2.89. The van der Waals surface area contributed by atoms with E-state index < -0.39 is 0 Å². The third-order valence-electron chi connectivity index (χ3n) is 2.89. The van der Waals surface area contributed by atoms with Gasteiger partial charge in [0, 0.05) is 0 Å². The van der Waals surface area contributed by atoms with Gasteiger partial charge >= 0.3 is 0 Å². The Morgan fingerprint density at radius 3 is 2.80 bits per heavy atom. The van der Waals surface area contributed by atoms with E-state index in [1.807, 2.05) is 26.0 Å². The average molecular weight is 206 g/mol. The molecule has 0 radical (unpaired) electrons. The summed E-state index contributed by atoms with van der Waals surface area (Å²) < 4.78 is 5.61. The fourth-order valence-corrected chi connectivity index (χ4v) is 2.14. The Hall–Kier alpha value is -1.02. The highest BCUT2D eigenvalue weighted by Gasteiger charge is 2.27. The zero-order valence-electron chi connectivity index (χ0n) is 9.53. The molecule has 1 N–H and O–H groups in total. The molecule has 0 spiro atoms. The van der Waals surface area contributed by atoms with Gasteiger partial charge in [0.2, 0.25) is 0 Å². The van der Waals surface area contributed by atoms with E-state index in [9.17, 15) is 5.11 Å². The molecule has 1 aliphatic rings. The first kappa shape index (κ1) is 10.5. The van der Waals surface area contributed by atoms with Crippen LogP contribution in [-0.4, -0.2) is 11.2 Å². The van der Waals surface area contributed by atoms with Gasteiger partial charge in [-0.05, 0) is 49.4 Å². The van der Waals surface area contributed by atoms with Gasteiger partial charge in [-0.25, -0.2) is 0 Å². The average Bonchev–Trinajstić information content (AvgIpc) is 2.43. The van der Waals surface area contributed by atoms with Crippen LogP contribution in [0, 0.1) is 5.92 Å². The van der Waals surface area contributed by atoms with Crippen molar-refractivity contribution in [2.75, 3.05) is 0 Å². The van der Waals surface area contributed by atoms with Crippen LogP contribution in [0.1, 0.15) is 38.0 Å². The summed E-state index contributed by atoms with van der Waals surface area (Å²) in [5.74, 6) is 1.19. The van der Waals surface area contributed by atoms with Crippen molar-refractivity contribution >= 4 is 0 Å². The van der Waals surface area contributed by atoms with Gasteiger partial charge in [0.15, 0.2) is 0 Å². The molecule has 0 fully saturated rings. The number of aliphatic hydroxyl groups is 1. The Bertz CT molecular complexity index is 358. The Balaban J connectivity index is 2.27. The predicted octanol–water partition coefficient (Wildman–Crippen LogP) is 2.70. The molecule has 0 bridgehead atoms. The topological polar surface area (TPSA) is 29.5 Å². The van der Waals surface area contributed by atoms with E-state index in [0.717, 1.165) is 17.7 Å². The third kappa shape index (κ3) is 2.00. The van der Waals surface area contributed by atoms with Crippen molar-refractivity contribution in [3.8, 4) is 5.75 Å². The quantitative estimate of drug-likeness (QED) is 0.806. The SMILES string of the molecule is CC(C)Oc1ccc2c(c1)C(O)C(C)C2. The molecule has 2 nitrogen and oxygen atoms in total. The molecule has 0 aliphatic heterocycles. The van der Waals surface area contributed by atoms with E-state index in [4.69, 9.17) is 4.74 Å². The van der Waals surface area contributed by atoms with Crippen molar-refractivity contribution < 1.29 is 9.84 Å². The van der Waals surface area contributed by atoms with E-state index in [0.29, 0.717) is 5.92 Å². The standard InChI is InChI=1S/C13H18O2/c1-8(2)15-11-5-4-10-6-9(3)13(14)12(10)7-11/h4-5,7-9,13-14H,6H2,1-3H3. The number of ether oxygens (including phenoxy) is 1. The Kier molecular flexibility index (Phi) is 2.70. The summed E-state index contributed by atoms with van der Waals surface area (Å²) in [6, 6.07) is 6.03. The van der Waals surface area contributed by atoms with Crippen molar-refractivity contribution in [3.63, 3.8) is 0 Å². The number of fused-ring (bicyclic) bond motifs is 1. The molecule has 0 heterocycles. The summed E-state index contributed by atoms with van der Waals surface area (Å²) in [5, 5.41) is 9.95. The largest absolute Gasteiger partial charge is 0.491 e. The molecule has 1 aromatic rings. The molecule has 0 saturated heterocycles. The summed E-state index contributed by atoms with van der Waals surface area (Å²) in [4.78, 5) is 0. The molecule has 1 aliphatic carbocycles. The van der Waals surface area contributed by atoms with E-state index in [2.05, 4.69) is 13.0 Å². The second kappa shape index (κ2) is 3.86. The maximum absolute atomic E-state index is 9.95. The zero-order chi connectivity index (χ0) is 11.0. The van der Waals surface area contributed by atoms with Crippen LogP contribution in [-0.2, 0) is 6.42 Å². The van der Waals surface area contributed by atoms with E-state index in [1.54, 1.807) is 0 Å². The van der Waals surface area contributed by atoms with E-state index in [-0.39, 0.29) is 12.2 Å². The molecular formula is C13H18O2. The van der Waals surface area contributed by atoms with Gasteiger partial charge in [-0.15, -0.1) is 0 Å². The van der Waals surface area contributed by atoms with Gasteiger partial charge in [0.05, 0.1) is 12.2 Å². The lowest BCUT2D eigenvalue weighted by Crippen LogP contribution is -2.06. The minimum Gasteiger partial charge on any atom is -0.491 e. The van der Waals surface area contributed by atoms with Crippen LogP contribution in [0.5, 0.6) is 5.75 Å². The second-order valence-electron chi connectivity index (χ2n) is 4.65. The van der Waals surface area contributed by atoms with Crippen molar-refractivity contribution in [2.24, 2.45) is 5.92 Å². The summed E-state index contributed by atoms with van der Waals surface area (Å²) in [6.45, 7) is 6.09. The Morgan fingerprint density at radius 2 is 2.13 bits per heavy atom. The van der Waals surface area contributed by atoms with Crippen LogP contribution in [0.15, 0.2) is 18.2 Å². The lowest BCUT2D eigenvalue weighted by atomic mass is 10.1. The zero-order valence-corrected chi connectivity index (χ0v) is 9.53. The maximum Gasteiger partial charge on any atom is 0.120 e. The molecule has 82 valence electrons. The minimum absolute atomic E-state index is 0.180. The van der Waals surface area contributed by atoms with Crippen LogP contribution in [0.2, 0.25) is 0 Å². The fraction of sp³-hybridized carbons (Fsp3) is 0.538. The molecule has 2 unspecified atom stereocenters. The van der Waals surface area contributed by atoms with Crippen molar-refractivity contribution in [1.82, 2.24) is 0 Å². The van der Waals surface area contributed by atoms with Crippen LogP contribution in [0.3, 0.4) is 0 Å². The lowest BCUT2D eigenvalue weighted by molar-refractivity contribution is 0.132. The van der Waals surface area contributed by atoms with Gasteiger partial charge in [-0.2, -0.15) is 0 Å². The molecule has 2 heteroatoms. The smallest absolute Gasteiger partial charge is 0.120 e. The normalized spacial score (nSPS) is 24.3. The minimum atomic E-state index is -0.323. The van der Waals surface area contributed by atoms with Crippen LogP contribution in [0.4, 0.5) is 0 Å². The lowest BCUT2D eigenvalue weighted by Gasteiger charge is -2.12. The van der Waals surface area contributed by atoms with Gasteiger partial charge in [-0.3, -0.25) is 0 Å². The van der Waals surface area contributed by atoms with Gasteiger partial charge in [0.25, 0.3) is 0 Å². The second-order valence-corrected chi connectivity index (χ2v) is 4.65. The fourth-order valence-electron chi connectivity index (χ4n) is 2.14. The van der Waals surface area contributed by atoms with Crippen LogP contribution in [0.25, 0.3) is 0 Å². The van der Waals surface area contributed by atoms with E-state index in [1.165, 1.54) is 5.56 Å². The number of hydrogen-bond acceptors (Lipinski definition) is 2. The maximum atomic E-state index is 9.95. The van der Waals surface area contributed by atoms with Crippen molar-refractivity contribution in [2.45, 2.75) is 39.4 Å². The molecule has 0 saturated carbocycles. The van der Waals surface area contributed by atoms with Gasteiger partial charge < -0.3 is 9.84 Å². The molecule has 15 heavy (non-hydrogen) atoms.